The second kappa shape index (κ2) is 7.46. The summed E-state index contributed by atoms with van der Waals surface area (Å²) in [6.45, 7) is 0.505. The quantitative estimate of drug-likeness (QED) is 0.606. The highest BCUT2D eigenvalue weighted by atomic mass is 16.5. The molecule has 2 aliphatic rings. The number of fused-ring (bicyclic) bond motifs is 1. The van der Waals surface area contributed by atoms with Gasteiger partial charge in [-0.2, -0.15) is 0 Å². The maximum Gasteiger partial charge on any atom is 0.326 e. The first-order valence-corrected chi connectivity index (χ1v) is 8.46. The molecular weight excluding hydrogens is 324 g/mol. The number of carbonyl (C=O) groups excluding carboxylic acids is 4. The van der Waals surface area contributed by atoms with E-state index >= 15 is 0 Å². The molecule has 0 aromatic heterocycles. The van der Waals surface area contributed by atoms with Crippen LogP contribution >= 0.6 is 0 Å². The zero-order chi connectivity index (χ0) is 17.8. The Bertz CT molecular complexity index is 672. The minimum absolute atomic E-state index is 0.238. The fourth-order valence-electron chi connectivity index (χ4n) is 3.11. The third-order valence-electron chi connectivity index (χ3n) is 4.48. The SMILES string of the molecule is O=C(CN1C(=O)c2ccccc2C1=O)OCC(=O)N1CCCCCC1. The van der Waals surface area contributed by atoms with E-state index < -0.39 is 24.3 Å². The molecule has 0 bridgehead atoms. The van der Waals surface area contributed by atoms with Gasteiger partial charge in [0.2, 0.25) is 0 Å². The first-order chi connectivity index (χ1) is 12.1. The van der Waals surface area contributed by atoms with Crippen molar-refractivity contribution in [2.24, 2.45) is 0 Å². The van der Waals surface area contributed by atoms with Crippen LogP contribution in [0.25, 0.3) is 0 Å². The van der Waals surface area contributed by atoms with Crippen LogP contribution in [0.2, 0.25) is 0 Å². The van der Waals surface area contributed by atoms with Crippen LogP contribution in [0, 0.1) is 0 Å². The molecule has 3 amide bonds. The summed E-state index contributed by atoms with van der Waals surface area (Å²) in [5.41, 5.74) is 0.557. The predicted molar refractivity (Wildman–Crippen MR) is 87.8 cm³/mol. The number of carbonyl (C=O) groups is 4. The average molecular weight is 344 g/mol. The molecule has 0 saturated carbocycles. The summed E-state index contributed by atoms with van der Waals surface area (Å²) in [7, 11) is 0. The molecule has 0 spiro atoms. The van der Waals surface area contributed by atoms with Gasteiger partial charge in [0.05, 0.1) is 11.1 Å². The van der Waals surface area contributed by atoms with Gasteiger partial charge in [0, 0.05) is 13.1 Å². The van der Waals surface area contributed by atoms with Crippen LogP contribution in [0.5, 0.6) is 0 Å². The van der Waals surface area contributed by atoms with Gasteiger partial charge < -0.3 is 9.64 Å². The lowest BCUT2D eigenvalue weighted by Crippen LogP contribution is -2.38. The molecule has 2 aliphatic heterocycles. The van der Waals surface area contributed by atoms with Crippen molar-refractivity contribution in [3.63, 3.8) is 0 Å². The molecule has 1 saturated heterocycles. The van der Waals surface area contributed by atoms with E-state index in [1.807, 2.05) is 0 Å². The molecule has 7 heteroatoms. The fourth-order valence-corrected chi connectivity index (χ4v) is 3.11. The van der Waals surface area contributed by atoms with Crippen molar-refractivity contribution in [2.45, 2.75) is 25.7 Å². The molecule has 0 unspecified atom stereocenters. The molecule has 0 atom stereocenters. The second-order valence-corrected chi connectivity index (χ2v) is 6.20. The van der Waals surface area contributed by atoms with Crippen LogP contribution in [0.1, 0.15) is 46.4 Å². The van der Waals surface area contributed by atoms with E-state index in [1.165, 1.54) is 0 Å². The average Bonchev–Trinajstić information content (AvgIpc) is 2.83. The summed E-state index contributed by atoms with van der Waals surface area (Å²) >= 11 is 0. The number of esters is 1. The smallest absolute Gasteiger partial charge is 0.326 e. The summed E-state index contributed by atoms with van der Waals surface area (Å²) in [5, 5.41) is 0. The molecule has 2 heterocycles. The van der Waals surface area contributed by atoms with Crippen molar-refractivity contribution in [1.29, 1.82) is 0 Å². The molecule has 3 rings (SSSR count). The van der Waals surface area contributed by atoms with Crippen LogP contribution in [0.4, 0.5) is 0 Å². The van der Waals surface area contributed by atoms with Gasteiger partial charge in [-0.15, -0.1) is 0 Å². The third-order valence-corrected chi connectivity index (χ3v) is 4.48. The van der Waals surface area contributed by atoms with E-state index in [2.05, 4.69) is 0 Å². The van der Waals surface area contributed by atoms with Gasteiger partial charge in [0.15, 0.2) is 6.61 Å². The molecule has 25 heavy (non-hydrogen) atoms. The predicted octanol–water partition coefficient (Wildman–Crippen LogP) is 1.23. The fraction of sp³-hybridized carbons (Fsp3) is 0.444. The Morgan fingerprint density at radius 2 is 1.48 bits per heavy atom. The molecule has 1 aromatic rings. The van der Waals surface area contributed by atoms with Gasteiger partial charge >= 0.3 is 5.97 Å². The lowest BCUT2D eigenvalue weighted by molar-refractivity contribution is -0.152. The number of nitrogens with zero attached hydrogens (tertiary/aromatic N) is 2. The second-order valence-electron chi connectivity index (χ2n) is 6.20. The molecule has 7 nitrogen and oxygen atoms in total. The lowest BCUT2D eigenvalue weighted by Gasteiger charge is -2.20. The topological polar surface area (TPSA) is 84.0 Å². The van der Waals surface area contributed by atoms with Crippen molar-refractivity contribution in [3.05, 3.63) is 35.4 Å². The number of likely N-dealkylation sites (tertiary alicyclic amines) is 1. The van der Waals surface area contributed by atoms with Gasteiger partial charge in [-0.05, 0) is 25.0 Å². The maximum absolute atomic E-state index is 12.2. The van der Waals surface area contributed by atoms with Crippen molar-refractivity contribution in [3.8, 4) is 0 Å². The van der Waals surface area contributed by atoms with E-state index in [9.17, 15) is 19.2 Å². The number of benzene rings is 1. The first-order valence-electron chi connectivity index (χ1n) is 8.46. The molecule has 0 radical (unpaired) electrons. The molecule has 0 aliphatic carbocycles. The van der Waals surface area contributed by atoms with E-state index in [4.69, 9.17) is 4.74 Å². The van der Waals surface area contributed by atoms with Crippen LogP contribution in [-0.2, 0) is 14.3 Å². The summed E-state index contributed by atoms with van der Waals surface area (Å²) in [6.07, 6.45) is 4.11. The molecule has 1 fully saturated rings. The van der Waals surface area contributed by atoms with Gasteiger partial charge in [-0.3, -0.25) is 24.1 Å². The maximum atomic E-state index is 12.2. The van der Waals surface area contributed by atoms with Crippen molar-refractivity contribution in [1.82, 2.24) is 9.80 Å². The highest BCUT2D eigenvalue weighted by Crippen LogP contribution is 2.22. The lowest BCUT2D eigenvalue weighted by atomic mass is 10.1. The minimum atomic E-state index is -0.766. The summed E-state index contributed by atoms with van der Waals surface area (Å²) in [5.74, 6) is -2.04. The van der Waals surface area contributed by atoms with Crippen LogP contribution in [0.3, 0.4) is 0 Å². The largest absolute Gasteiger partial charge is 0.454 e. The van der Waals surface area contributed by atoms with Crippen LogP contribution in [0.15, 0.2) is 24.3 Å². The van der Waals surface area contributed by atoms with Crippen LogP contribution < -0.4 is 0 Å². The van der Waals surface area contributed by atoms with Crippen molar-refractivity contribution < 1.29 is 23.9 Å². The Hall–Kier alpha value is -2.70. The monoisotopic (exact) mass is 344 g/mol. The Kier molecular flexibility index (Phi) is 5.11. The Balaban J connectivity index is 1.52. The number of hydrogen-bond acceptors (Lipinski definition) is 5. The molecular formula is C18H20N2O5. The first kappa shape index (κ1) is 17.1. The van der Waals surface area contributed by atoms with E-state index in [0.717, 1.165) is 30.6 Å². The molecule has 0 N–H and O–H groups in total. The third kappa shape index (κ3) is 3.70. The summed E-state index contributed by atoms with van der Waals surface area (Å²) < 4.78 is 4.98. The minimum Gasteiger partial charge on any atom is -0.454 e. The zero-order valence-electron chi connectivity index (χ0n) is 13.9. The van der Waals surface area contributed by atoms with Gasteiger partial charge in [0.1, 0.15) is 6.54 Å². The van der Waals surface area contributed by atoms with Crippen molar-refractivity contribution in [2.75, 3.05) is 26.2 Å². The Labute approximate surface area is 145 Å². The van der Waals surface area contributed by atoms with Gasteiger partial charge in [-0.1, -0.05) is 25.0 Å². The summed E-state index contributed by atoms with van der Waals surface area (Å²) in [6, 6.07) is 6.41. The number of imide groups is 1. The highest BCUT2D eigenvalue weighted by Gasteiger charge is 2.36. The number of rotatable bonds is 4. The Morgan fingerprint density at radius 3 is 2.04 bits per heavy atom. The molecule has 132 valence electrons. The molecule has 1 aromatic carbocycles. The number of amides is 3. The van der Waals surface area contributed by atoms with E-state index in [0.29, 0.717) is 13.1 Å². The van der Waals surface area contributed by atoms with Gasteiger partial charge in [-0.25, -0.2) is 0 Å². The van der Waals surface area contributed by atoms with E-state index in [-0.39, 0.29) is 23.6 Å². The van der Waals surface area contributed by atoms with E-state index in [1.54, 1.807) is 29.2 Å². The van der Waals surface area contributed by atoms with Crippen LogP contribution in [-0.4, -0.2) is 59.7 Å². The van der Waals surface area contributed by atoms with Crippen molar-refractivity contribution >= 4 is 23.7 Å². The number of ether oxygens (including phenoxy) is 1. The summed E-state index contributed by atoms with van der Waals surface area (Å²) in [4.78, 5) is 51.0. The van der Waals surface area contributed by atoms with Gasteiger partial charge in [0.25, 0.3) is 17.7 Å². The zero-order valence-corrected chi connectivity index (χ0v) is 13.9. The number of hydrogen-bond donors (Lipinski definition) is 0. The standard InChI is InChI=1S/C18H20N2O5/c21-15(19-9-5-1-2-6-10-19)12-25-16(22)11-20-17(23)13-7-3-4-8-14(13)18(20)24/h3-4,7-8H,1-2,5-6,9-12H2. The highest BCUT2D eigenvalue weighted by molar-refractivity contribution is 6.22. The Morgan fingerprint density at radius 1 is 0.920 bits per heavy atom. The normalized spacial score (nSPS) is 17.3.